The Morgan fingerprint density at radius 3 is 3.08 bits per heavy atom. The largest absolute Gasteiger partial charge is 0.378 e. The molecule has 0 aliphatic carbocycles. The maximum Gasteiger partial charge on any atom is 0.221 e. The first-order valence-electron chi connectivity index (χ1n) is 4.83. The molecule has 2 atom stereocenters. The molecule has 4 heteroatoms. The Bertz CT molecular complexity index is 173. The number of ether oxygens (including phenoxy) is 1. The SMILES string of the molecule is CC1CC(NC(=O)CCN)CCO1. The number of nitrogens with two attached hydrogens (primary N) is 1. The zero-order chi connectivity index (χ0) is 9.68. The van der Waals surface area contributed by atoms with E-state index in [0.29, 0.717) is 13.0 Å². The molecule has 1 fully saturated rings. The van der Waals surface area contributed by atoms with Crippen LogP contribution in [0, 0.1) is 0 Å². The van der Waals surface area contributed by atoms with Gasteiger partial charge in [0, 0.05) is 25.6 Å². The number of rotatable bonds is 3. The van der Waals surface area contributed by atoms with Crippen LogP contribution < -0.4 is 11.1 Å². The molecule has 2 unspecified atom stereocenters. The summed E-state index contributed by atoms with van der Waals surface area (Å²) in [6, 6.07) is 0.280. The second-order valence-corrected chi connectivity index (χ2v) is 3.51. The van der Waals surface area contributed by atoms with Gasteiger partial charge in [-0.1, -0.05) is 0 Å². The van der Waals surface area contributed by atoms with Crippen LogP contribution in [0.5, 0.6) is 0 Å². The highest BCUT2D eigenvalue weighted by Gasteiger charge is 2.20. The topological polar surface area (TPSA) is 64.4 Å². The summed E-state index contributed by atoms with van der Waals surface area (Å²) in [6.07, 6.45) is 2.51. The smallest absolute Gasteiger partial charge is 0.221 e. The lowest BCUT2D eigenvalue weighted by molar-refractivity contribution is -0.122. The van der Waals surface area contributed by atoms with E-state index in [4.69, 9.17) is 10.5 Å². The van der Waals surface area contributed by atoms with Crippen molar-refractivity contribution in [3.8, 4) is 0 Å². The van der Waals surface area contributed by atoms with Gasteiger partial charge >= 0.3 is 0 Å². The van der Waals surface area contributed by atoms with E-state index in [1.54, 1.807) is 0 Å². The second kappa shape index (κ2) is 5.19. The van der Waals surface area contributed by atoms with Gasteiger partial charge < -0.3 is 15.8 Å². The van der Waals surface area contributed by atoms with Crippen LogP contribution in [0.3, 0.4) is 0 Å². The highest BCUT2D eigenvalue weighted by molar-refractivity contribution is 5.76. The zero-order valence-electron chi connectivity index (χ0n) is 8.08. The van der Waals surface area contributed by atoms with Crippen LogP contribution >= 0.6 is 0 Å². The Balaban J connectivity index is 2.23. The number of hydrogen-bond acceptors (Lipinski definition) is 3. The van der Waals surface area contributed by atoms with Crippen LogP contribution in [0.2, 0.25) is 0 Å². The molecule has 13 heavy (non-hydrogen) atoms. The third-order valence-electron chi connectivity index (χ3n) is 2.22. The van der Waals surface area contributed by atoms with E-state index in [9.17, 15) is 4.79 Å². The van der Waals surface area contributed by atoms with E-state index in [0.717, 1.165) is 19.4 Å². The van der Waals surface area contributed by atoms with Crippen molar-refractivity contribution in [2.75, 3.05) is 13.2 Å². The predicted molar refractivity (Wildman–Crippen MR) is 50.3 cm³/mol. The van der Waals surface area contributed by atoms with E-state index < -0.39 is 0 Å². The third kappa shape index (κ3) is 3.74. The van der Waals surface area contributed by atoms with Gasteiger partial charge in [0.05, 0.1) is 6.10 Å². The average molecular weight is 186 g/mol. The lowest BCUT2D eigenvalue weighted by Crippen LogP contribution is -2.41. The molecular weight excluding hydrogens is 168 g/mol. The van der Waals surface area contributed by atoms with Crippen molar-refractivity contribution < 1.29 is 9.53 Å². The molecule has 3 N–H and O–H groups in total. The molecule has 0 spiro atoms. The van der Waals surface area contributed by atoms with Gasteiger partial charge in [-0.15, -0.1) is 0 Å². The summed E-state index contributed by atoms with van der Waals surface area (Å²) in [5, 5.41) is 2.95. The Morgan fingerprint density at radius 1 is 1.69 bits per heavy atom. The van der Waals surface area contributed by atoms with Crippen molar-refractivity contribution in [1.29, 1.82) is 0 Å². The number of nitrogens with one attached hydrogen (secondary N) is 1. The second-order valence-electron chi connectivity index (χ2n) is 3.51. The summed E-state index contributed by atoms with van der Waals surface area (Å²) >= 11 is 0. The number of carbonyl (C=O) groups is 1. The molecule has 0 bridgehead atoms. The lowest BCUT2D eigenvalue weighted by atomic mass is 10.0. The Hall–Kier alpha value is -0.610. The summed E-state index contributed by atoms with van der Waals surface area (Å²) in [6.45, 7) is 3.20. The normalized spacial score (nSPS) is 28.5. The van der Waals surface area contributed by atoms with Crippen LogP contribution in [0.4, 0.5) is 0 Å². The zero-order valence-corrected chi connectivity index (χ0v) is 8.08. The molecule has 1 saturated heterocycles. The molecule has 1 rings (SSSR count). The van der Waals surface area contributed by atoms with Gasteiger partial charge in [-0.25, -0.2) is 0 Å². The molecule has 4 nitrogen and oxygen atoms in total. The van der Waals surface area contributed by atoms with Crippen LogP contribution in [0.15, 0.2) is 0 Å². The molecule has 1 aliphatic rings. The molecule has 1 aliphatic heterocycles. The van der Waals surface area contributed by atoms with Crippen molar-refractivity contribution in [2.24, 2.45) is 5.73 Å². The van der Waals surface area contributed by atoms with Crippen LogP contribution in [-0.4, -0.2) is 31.2 Å². The fourth-order valence-electron chi connectivity index (χ4n) is 1.56. The molecule has 0 radical (unpaired) electrons. The maximum atomic E-state index is 11.2. The summed E-state index contributed by atoms with van der Waals surface area (Å²) < 4.78 is 5.37. The molecule has 1 amide bonds. The van der Waals surface area contributed by atoms with Crippen molar-refractivity contribution in [2.45, 2.75) is 38.3 Å². The first-order chi connectivity index (χ1) is 6.22. The number of hydrogen-bond donors (Lipinski definition) is 2. The molecule has 0 saturated carbocycles. The van der Waals surface area contributed by atoms with E-state index in [-0.39, 0.29) is 18.1 Å². The molecule has 76 valence electrons. The van der Waals surface area contributed by atoms with Crippen LogP contribution in [0.25, 0.3) is 0 Å². The van der Waals surface area contributed by atoms with Gasteiger partial charge in [-0.3, -0.25) is 4.79 Å². The van der Waals surface area contributed by atoms with Crippen LogP contribution in [-0.2, 0) is 9.53 Å². The minimum absolute atomic E-state index is 0.0570. The molecule has 0 aromatic carbocycles. The average Bonchev–Trinajstić information content (AvgIpc) is 2.04. The number of amides is 1. The lowest BCUT2D eigenvalue weighted by Gasteiger charge is -2.27. The van der Waals surface area contributed by atoms with Gasteiger partial charge in [0.1, 0.15) is 0 Å². The highest BCUT2D eigenvalue weighted by atomic mass is 16.5. The summed E-state index contributed by atoms with van der Waals surface area (Å²) in [5.41, 5.74) is 5.28. The predicted octanol–water partition coefficient (Wildman–Crippen LogP) is 0.0189. The van der Waals surface area contributed by atoms with Crippen molar-refractivity contribution in [1.82, 2.24) is 5.32 Å². The minimum Gasteiger partial charge on any atom is -0.378 e. The quantitative estimate of drug-likeness (QED) is 0.653. The van der Waals surface area contributed by atoms with Gasteiger partial charge in [0.25, 0.3) is 0 Å². The van der Waals surface area contributed by atoms with Crippen molar-refractivity contribution >= 4 is 5.91 Å². The first kappa shape index (κ1) is 10.5. The van der Waals surface area contributed by atoms with E-state index in [1.165, 1.54) is 0 Å². The molecular formula is C9H18N2O2. The molecule has 0 aromatic rings. The summed E-state index contributed by atoms with van der Waals surface area (Å²) in [7, 11) is 0. The monoisotopic (exact) mass is 186 g/mol. The Morgan fingerprint density at radius 2 is 2.46 bits per heavy atom. The van der Waals surface area contributed by atoms with E-state index in [2.05, 4.69) is 5.32 Å². The molecule has 0 aromatic heterocycles. The Kier molecular flexibility index (Phi) is 4.18. The molecule has 1 heterocycles. The minimum atomic E-state index is 0.0570. The fourth-order valence-corrected chi connectivity index (χ4v) is 1.56. The van der Waals surface area contributed by atoms with Gasteiger partial charge in [-0.05, 0) is 19.8 Å². The summed E-state index contributed by atoms with van der Waals surface area (Å²) in [4.78, 5) is 11.2. The fraction of sp³-hybridized carbons (Fsp3) is 0.889. The highest BCUT2D eigenvalue weighted by Crippen LogP contribution is 2.12. The van der Waals surface area contributed by atoms with E-state index >= 15 is 0 Å². The van der Waals surface area contributed by atoms with Gasteiger partial charge in [0.2, 0.25) is 5.91 Å². The van der Waals surface area contributed by atoms with Crippen LogP contribution in [0.1, 0.15) is 26.2 Å². The standard InChI is InChI=1S/C9H18N2O2/c1-7-6-8(3-5-13-7)11-9(12)2-4-10/h7-8H,2-6,10H2,1H3,(H,11,12). The van der Waals surface area contributed by atoms with Gasteiger partial charge in [0.15, 0.2) is 0 Å². The third-order valence-corrected chi connectivity index (χ3v) is 2.22. The van der Waals surface area contributed by atoms with Crippen molar-refractivity contribution in [3.63, 3.8) is 0 Å². The Labute approximate surface area is 78.8 Å². The maximum absolute atomic E-state index is 11.2. The number of carbonyl (C=O) groups excluding carboxylic acids is 1. The van der Waals surface area contributed by atoms with Gasteiger partial charge in [-0.2, -0.15) is 0 Å². The first-order valence-corrected chi connectivity index (χ1v) is 4.83. The van der Waals surface area contributed by atoms with E-state index in [1.807, 2.05) is 6.92 Å². The summed E-state index contributed by atoms with van der Waals surface area (Å²) in [5.74, 6) is 0.0570. The van der Waals surface area contributed by atoms with Crippen molar-refractivity contribution in [3.05, 3.63) is 0 Å².